The largest absolute Gasteiger partial charge is 0.481 e. The number of alkyl halides is 9. The summed E-state index contributed by atoms with van der Waals surface area (Å²) in [5.74, 6) is -18.1. The molecule has 14 aromatic rings. The molecule has 680 valence electrons. The number of carboxylic acid groups (broad SMARTS) is 3. The van der Waals surface area contributed by atoms with Crippen LogP contribution in [0.4, 0.5) is 58.4 Å². The summed E-state index contributed by atoms with van der Waals surface area (Å²) in [6, 6.07) is 50.4. The lowest BCUT2D eigenvalue weighted by molar-refractivity contribution is -0.202. The van der Waals surface area contributed by atoms with Crippen molar-refractivity contribution in [3.05, 3.63) is 282 Å². The van der Waals surface area contributed by atoms with Crippen molar-refractivity contribution < 1.29 is 101 Å². The van der Waals surface area contributed by atoms with Crippen LogP contribution in [-0.2, 0) is 64.5 Å². The number of halogens is 12. The van der Waals surface area contributed by atoms with E-state index in [0.29, 0.717) is 60.0 Å². The molecular weight excluding hydrogens is 1770 g/mol. The predicted octanol–water partition coefficient (Wildman–Crippen LogP) is 23.3. The summed E-state index contributed by atoms with van der Waals surface area (Å²) < 4.78 is 186. The van der Waals surface area contributed by atoms with Crippen molar-refractivity contribution in [3.63, 3.8) is 0 Å². The molecule has 20 nitrogen and oxygen atoms in total. The molecule has 0 saturated heterocycles. The number of ether oxygens (including phenoxy) is 3. The van der Waals surface area contributed by atoms with E-state index in [9.17, 15) is 67.5 Å². The average molecular weight is 1850 g/mol. The van der Waals surface area contributed by atoms with Gasteiger partial charge in [0.25, 0.3) is 0 Å². The molecule has 14 rings (SSSR count). The third kappa shape index (κ3) is 28.1. The number of para-hydroxylation sites is 1. The van der Waals surface area contributed by atoms with E-state index in [2.05, 4.69) is 66.6 Å². The zero-order valence-corrected chi connectivity index (χ0v) is 72.4. The van der Waals surface area contributed by atoms with Gasteiger partial charge >= 0.3 is 36.4 Å². The first-order valence-electron chi connectivity index (χ1n) is 41.0. The number of carbonyl (C=O) groups is 4. The Balaban J connectivity index is 0.000000181. The number of rotatable bonds is 36. The highest BCUT2D eigenvalue weighted by atomic mass is 32.1. The van der Waals surface area contributed by atoms with Crippen molar-refractivity contribution in [2.75, 3.05) is 25.4 Å². The van der Waals surface area contributed by atoms with Gasteiger partial charge < -0.3 is 51.2 Å². The molecule has 0 saturated carbocycles. The number of hydrogen-bond acceptors (Lipinski definition) is 20. The van der Waals surface area contributed by atoms with Crippen molar-refractivity contribution in [2.24, 2.45) is 23.7 Å². The minimum absolute atomic E-state index is 0.0242. The van der Waals surface area contributed by atoms with Crippen LogP contribution in [0.25, 0.3) is 62.4 Å². The second-order valence-electron chi connectivity index (χ2n) is 30.0. The molecule has 0 aliphatic rings. The maximum Gasteiger partial charge on any atom is 0.393 e. The molecule has 9 heterocycles. The molecule has 35 heteroatoms. The van der Waals surface area contributed by atoms with Crippen LogP contribution in [0.15, 0.2) is 225 Å². The van der Waals surface area contributed by atoms with Crippen LogP contribution in [0.5, 0.6) is 34.5 Å². The van der Waals surface area contributed by atoms with Gasteiger partial charge in [0.1, 0.15) is 23.0 Å². The quantitative estimate of drug-likeness (QED) is 0.00831. The molecule has 0 aliphatic heterocycles. The second-order valence-corrected chi connectivity index (χ2v) is 33.2. The summed E-state index contributed by atoms with van der Waals surface area (Å²) in [6.07, 6.45) is -5.46. The molecule has 3 unspecified atom stereocenters. The summed E-state index contributed by atoms with van der Waals surface area (Å²) in [4.78, 5) is 75.0. The zero-order chi connectivity index (χ0) is 93.2. The number of ketones is 1. The fourth-order valence-corrected chi connectivity index (χ4v) is 16.5. The fourth-order valence-electron chi connectivity index (χ4n) is 13.4. The number of nitrogen functional groups attached to an aromatic ring is 1. The normalized spacial score (nSPS) is 12.3. The Labute approximate surface area is 750 Å². The van der Waals surface area contributed by atoms with Gasteiger partial charge in [-0.2, -0.15) is 39.5 Å². The van der Waals surface area contributed by atoms with Crippen molar-refractivity contribution in [1.29, 1.82) is 0 Å². The number of Topliss-reactive ketones (excluding diaryl/α,β-unsaturated/α-hetero) is 1. The van der Waals surface area contributed by atoms with E-state index in [1.54, 1.807) is 54.9 Å². The number of nitrogens with zero attached hydrogens (tertiary/aromatic N) is 6. The Bertz CT molecular complexity index is 6100. The van der Waals surface area contributed by atoms with Gasteiger partial charge in [0.15, 0.2) is 40.6 Å². The third-order valence-electron chi connectivity index (χ3n) is 19.9. The number of carboxylic acids is 3. The molecule has 0 radical (unpaired) electrons. The molecule has 130 heavy (non-hydrogen) atoms. The minimum Gasteiger partial charge on any atom is -0.481 e. The second kappa shape index (κ2) is 45.9. The number of benzene rings is 5. The molecule has 5 aromatic carbocycles. The van der Waals surface area contributed by atoms with E-state index in [-0.39, 0.29) is 46.1 Å². The summed E-state index contributed by atoms with van der Waals surface area (Å²) >= 11 is 4.11. The van der Waals surface area contributed by atoms with Gasteiger partial charge in [-0.3, -0.25) is 49.1 Å². The lowest BCUT2D eigenvalue weighted by Crippen LogP contribution is -2.41. The van der Waals surface area contributed by atoms with E-state index < -0.39 is 115 Å². The average Bonchev–Trinajstić information content (AvgIpc) is 1.41. The lowest BCUT2D eigenvalue weighted by Gasteiger charge is -2.24. The standard InChI is InChI=1S/C34H31F4N3O2S.C28H25F4N3O5S.C27H25F4N3O3S.C6H7N/c1-2-13-39-20-24-8-10-28(41-21-24)32-19-29-33(44-32)31(12-14-40-29)43-30-11-9-23(17-27(30)35)15-25(34(36,37)38)18-26(42)16-22-6-4-3-5-7-22;1-2-8-33-13-16-3-5-19(35-14-16)23-12-20-25(41-23)22(7-9-34-20)40-21-6-4-15(11-18(21)29)10-17(28(30,31)32)24(26(36)37)27(38)39;1-2-8-32-14-17-3-5-20(34-15-17)24-13-21-26(38-24)23(7-9-33-21)37-22-6-4-16(11-19(22)28)10-18(12-25(35)36)27(29,30)31;7-6-4-2-1-3-5-6/h3-12,14,17,19,21,25,39H,2,13,15-16,18,20H2,1H3;3-7,9,11-12,14,17,24,33H,2,8,10,13H2,1H3,(H,36,37)(H,38,39);3-7,9,11,13,15,18,32H,2,8,10,12,14H2,1H3,(H,35,36);1-5H,7H2. The first kappa shape index (κ1) is 97.8. The van der Waals surface area contributed by atoms with Crippen LogP contribution >= 0.6 is 34.0 Å². The molecule has 0 bridgehead atoms. The van der Waals surface area contributed by atoms with Crippen LogP contribution in [-0.4, -0.2) is 107 Å². The van der Waals surface area contributed by atoms with Crippen molar-refractivity contribution in [3.8, 4) is 66.2 Å². The predicted molar refractivity (Wildman–Crippen MR) is 475 cm³/mol. The number of pyridine rings is 6. The molecule has 9 aromatic heterocycles. The van der Waals surface area contributed by atoms with Crippen molar-refractivity contribution in [1.82, 2.24) is 45.9 Å². The van der Waals surface area contributed by atoms with Crippen LogP contribution in [0.1, 0.15) is 91.8 Å². The topological polar surface area (TPSA) is 296 Å². The number of thiophene rings is 3. The number of aliphatic carboxylic acids is 3. The summed E-state index contributed by atoms with van der Waals surface area (Å²) in [7, 11) is 0. The number of fused-ring (bicyclic) bond motifs is 3. The lowest BCUT2D eigenvalue weighted by atomic mass is 9.86. The summed E-state index contributed by atoms with van der Waals surface area (Å²) in [6.45, 7) is 11.2. The molecule has 0 spiro atoms. The zero-order valence-electron chi connectivity index (χ0n) is 70.0. The Morgan fingerprint density at radius 3 is 1.02 bits per heavy atom. The summed E-state index contributed by atoms with van der Waals surface area (Å²) in [5.41, 5.74) is 14.0. The van der Waals surface area contributed by atoms with Gasteiger partial charge in [0, 0.05) is 93.5 Å². The Hall–Kier alpha value is -12.8. The van der Waals surface area contributed by atoms with Gasteiger partial charge in [-0.25, -0.2) is 13.2 Å². The molecule has 0 aliphatic carbocycles. The van der Waals surface area contributed by atoms with E-state index in [1.807, 2.05) is 97.3 Å². The number of nitrogens with two attached hydrogens (primary N) is 1. The number of aromatic nitrogens is 6. The highest BCUT2D eigenvalue weighted by molar-refractivity contribution is 7.23. The SMILES string of the molecule is CCCNCc1ccc(-c2cc3nccc(Oc4ccc(CC(C(C(=O)O)C(=O)O)C(F)(F)F)cc4F)c3s2)nc1.CCCNCc1ccc(-c2cc3nccc(Oc4ccc(CC(CC(=O)Cc5ccccc5)C(F)(F)F)cc4F)c3s2)nc1.CCCNCc1ccc(-c2cc3nccc(Oc4ccc(CC(CC(=O)O)C(F)(F)F)cc4F)c3s2)nc1.Nc1ccccc1. The van der Waals surface area contributed by atoms with E-state index in [1.165, 1.54) is 76.7 Å². The Morgan fingerprint density at radius 1 is 0.392 bits per heavy atom. The molecule has 3 atom stereocenters. The monoisotopic (exact) mass is 1850 g/mol. The maximum atomic E-state index is 15.2. The smallest absolute Gasteiger partial charge is 0.393 e. The summed E-state index contributed by atoms with van der Waals surface area (Å²) in [5, 5.41) is 36.9. The van der Waals surface area contributed by atoms with Gasteiger partial charge in [0.2, 0.25) is 0 Å². The molecular formula is C95H88F12N10O10S3. The highest BCUT2D eigenvalue weighted by Crippen LogP contribution is 2.45. The number of carbonyl (C=O) groups excluding carboxylic acids is 1. The highest BCUT2D eigenvalue weighted by Gasteiger charge is 2.51. The minimum atomic E-state index is -5.15. The van der Waals surface area contributed by atoms with Crippen LogP contribution in [0.2, 0.25) is 0 Å². The Kier molecular flexibility index (Phi) is 34.6. The fraction of sp³-hybridized carbons (Fsp3) is 0.263. The van der Waals surface area contributed by atoms with Crippen molar-refractivity contribution in [2.45, 2.75) is 117 Å². The van der Waals surface area contributed by atoms with E-state index >= 15 is 4.39 Å². The van der Waals surface area contributed by atoms with Crippen molar-refractivity contribution >= 4 is 94.0 Å². The van der Waals surface area contributed by atoms with E-state index in [0.717, 1.165) is 131 Å². The van der Waals surface area contributed by atoms with Crippen LogP contribution in [0, 0.1) is 41.1 Å². The molecule has 8 N–H and O–H groups in total. The van der Waals surface area contributed by atoms with Gasteiger partial charge in [-0.05, 0) is 182 Å². The molecule has 0 fully saturated rings. The number of hydrogen-bond donors (Lipinski definition) is 7. The molecule has 0 amide bonds. The van der Waals surface area contributed by atoms with Gasteiger partial charge in [-0.15, -0.1) is 34.0 Å². The maximum absolute atomic E-state index is 15.2. The van der Waals surface area contributed by atoms with Gasteiger partial charge in [0.05, 0.1) is 86.5 Å². The van der Waals surface area contributed by atoms with Crippen LogP contribution < -0.4 is 35.9 Å². The van der Waals surface area contributed by atoms with Gasteiger partial charge in [-0.1, -0.05) is 106 Å². The number of anilines is 1. The number of nitrogens with one attached hydrogen (secondary N) is 3. The van der Waals surface area contributed by atoms with E-state index in [4.69, 9.17) is 35.3 Å². The Morgan fingerprint density at radius 2 is 0.731 bits per heavy atom. The van der Waals surface area contributed by atoms with Crippen LogP contribution in [0.3, 0.4) is 0 Å². The first-order valence-corrected chi connectivity index (χ1v) is 43.4. The third-order valence-corrected chi connectivity index (χ3v) is 23.4. The first-order chi connectivity index (χ1) is 62.2.